The molecular formula is C20H31NO2. The van der Waals surface area contributed by atoms with Gasteiger partial charge in [-0.05, 0) is 73.4 Å². The lowest BCUT2D eigenvalue weighted by Gasteiger charge is -2.54. The van der Waals surface area contributed by atoms with E-state index in [-0.39, 0.29) is 5.41 Å². The van der Waals surface area contributed by atoms with E-state index in [9.17, 15) is 5.11 Å². The Morgan fingerprint density at radius 3 is 2.78 bits per heavy atom. The topological polar surface area (TPSA) is 43.7 Å². The van der Waals surface area contributed by atoms with Crippen molar-refractivity contribution in [3.63, 3.8) is 0 Å². The Labute approximate surface area is 140 Å². The van der Waals surface area contributed by atoms with Gasteiger partial charge in [-0.1, -0.05) is 32.8 Å². The molecule has 3 heteroatoms. The van der Waals surface area contributed by atoms with Crippen molar-refractivity contribution in [3.05, 3.63) is 29.3 Å². The van der Waals surface area contributed by atoms with Crippen LogP contribution in [0.1, 0.15) is 57.1 Å². The molecule has 23 heavy (non-hydrogen) atoms. The number of hydrogen-bond acceptors (Lipinski definition) is 3. The number of aliphatic hydroxyl groups is 1. The van der Waals surface area contributed by atoms with Crippen LogP contribution in [0.5, 0.6) is 5.75 Å². The summed E-state index contributed by atoms with van der Waals surface area (Å²) in [6.45, 7) is 7.46. The molecule has 0 radical (unpaired) electrons. The van der Waals surface area contributed by atoms with E-state index in [1.165, 1.54) is 43.5 Å². The molecular weight excluding hydrogens is 286 g/mol. The summed E-state index contributed by atoms with van der Waals surface area (Å²) in [6, 6.07) is 6.61. The van der Waals surface area contributed by atoms with E-state index in [1.807, 2.05) is 12.1 Å². The molecule has 0 spiro atoms. The number of rotatable bonds is 6. The number of fused-ring (bicyclic) bond motifs is 4. The molecule has 0 unspecified atom stereocenters. The zero-order chi connectivity index (χ0) is 16.4. The average molecular weight is 317 g/mol. The first-order chi connectivity index (χ1) is 11.1. The lowest BCUT2D eigenvalue weighted by Crippen LogP contribution is -2.58. The van der Waals surface area contributed by atoms with Crippen molar-refractivity contribution < 1.29 is 10.2 Å². The number of likely N-dealkylation sites (tertiary alicyclic amines) is 1. The normalized spacial score (nSPS) is 30.2. The maximum absolute atomic E-state index is 9.90. The highest BCUT2D eigenvalue weighted by atomic mass is 16.3. The summed E-state index contributed by atoms with van der Waals surface area (Å²) in [7, 11) is 0. The van der Waals surface area contributed by atoms with Crippen molar-refractivity contribution in [2.75, 3.05) is 19.7 Å². The number of phenols is 1. The van der Waals surface area contributed by atoms with Crippen LogP contribution in [-0.4, -0.2) is 40.9 Å². The monoisotopic (exact) mass is 317 g/mol. The van der Waals surface area contributed by atoms with Crippen LogP contribution in [0.3, 0.4) is 0 Å². The first-order valence-corrected chi connectivity index (χ1v) is 9.23. The van der Waals surface area contributed by atoms with Gasteiger partial charge in [0.25, 0.3) is 0 Å². The molecule has 3 nitrogen and oxygen atoms in total. The number of nitrogens with zero attached hydrogens (tertiary/aromatic N) is 1. The van der Waals surface area contributed by atoms with E-state index in [0.717, 1.165) is 19.3 Å². The highest BCUT2D eigenvalue weighted by Crippen LogP contribution is 2.49. The molecule has 0 aromatic heterocycles. The lowest BCUT2D eigenvalue weighted by atomic mass is 9.59. The molecule has 0 saturated carbocycles. The zero-order valence-corrected chi connectivity index (χ0v) is 14.6. The highest BCUT2D eigenvalue weighted by molar-refractivity contribution is 5.44. The van der Waals surface area contributed by atoms with Crippen LogP contribution in [0.4, 0.5) is 0 Å². The number of aromatic hydroxyl groups is 1. The van der Waals surface area contributed by atoms with Gasteiger partial charge in [0, 0.05) is 12.6 Å². The fourth-order valence-electron chi connectivity index (χ4n) is 4.75. The smallest absolute Gasteiger partial charge is 0.115 e. The molecule has 3 rings (SSSR count). The molecule has 3 atom stereocenters. The second kappa shape index (κ2) is 6.82. The lowest BCUT2D eigenvalue weighted by molar-refractivity contribution is 0.0302. The van der Waals surface area contributed by atoms with Crippen molar-refractivity contribution in [1.82, 2.24) is 4.90 Å². The number of phenolic OH excluding ortho intramolecular Hbond substituents is 1. The maximum Gasteiger partial charge on any atom is 0.115 e. The maximum atomic E-state index is 9.90. The second-order valence-corrected chi connectivity index (χ2v) is 7.74. The van der Waals surface area contributed by atoms with Crippen molar-refractivity contribution in [2.24, 2.45) is 5.92 Å². The van der Waals surface area contributed by atoms with Crippen molar-refractivity contribution in [2.45, 2.75) is 63.8 Å². The third-order valence-electron chi connectivity index (χ3n) is 6.46. The molecule has 0 amide bonds. The molecule has 1 aromatic carbocycles. The van der Waals surface area contributed by atoms with Gasteiger partial charge >= 0.3 is 0 Å². The van der Waals surface area contributed by atoms with Gasteiger partial charge in [0.2, 0.25) is 0 Å². The Hall–Kier alpha value is -1.06. The zero-order valence-electron chi connectivity index (χ0n) is 14.6. The van der Waals surface area contributed by atoms with Crippen LogP contribution >= 0.6 is 0 Å². The molecule has 1 aromatic rings. The molecule has 2 bridgehead atoms. The number of hydrogen-bond donors (Lipinski definition) is 2. The van der Waals surface area contributed by atoms with E-state index < -0.39 is 0 Å². The Balaban J connectivity index is 1.71. The summed E-state index contributed by atoms with van der Waals surface area (Å²) < 4.78 is 0. The minimum absolute atomic E-state index is 0.199. The molecule has 1 saturated heterocycles. The summed E-state index contributed by atoms with van der Waals surface area (Å²) in [4.78, 5) is 2.70. The van der Waals surface area contributed by atoms with Crippen LogP contribution in [0, 0.1) is 5.92 Å². The quantitative estimate of drug-likeness (QED) is 0.790. The molecule has 2 N–H and O–H groups in total. The molecule has 1 aliphatic heterocycles. The number of piperidine rings is 1. The number of benzene rings is 1. The second-order valence-electron chi connectivity index (χ2n) is 7.74. The molecule has 1 aliphatic carbocycles. The van der Waals surface area contributed by atoms with E-state index in [0.29, 0.717) is 24.3 Å². The average Bonchev–Trinajstić information content (AvgIpc) is 2.53. The molecule has 1 heterocycles. The van der Waals surface area contributed by atoms with Crippen molar-refractivity contribution >= 4 is 0 Å². The van der Waals surface area contributed by atoms with Crippen molar-refractivity contribution in [3.8, 4) is 5.75 Å². The minimum Gasteiger partial charge on any atom is -0.508 e. The Kier molecular flexibility index (Phi) is 4.98. The predicted molar refractivity (Wildman–Crippen MR) is 93.9 cm³/mol. The third kappa shape index (κ3) is 3.14. The summed E-state index contributed by atoms with van der Waals surface area (Å²) in [5, 5.41) is 18.8. The fraction of sp³-hybridized carbons (Fsp3) is 0.700. The van der Waals surface area contributed by atoms with Gasteiger partial charge in [0.05, 0.1) is 0 Å². The van der Waals surface area contributed by atoms with Crippen LogP contribution in [0.2, 0.25) is 0 Å². The van der Waals surface area contributed by atoms with Crippen LogP contribution < -0.4 is 0 Å². The molecule has 128 valence electrons. The highest BCUT2D eigenvalue weighted by Gasteiger charge is 2.48. The Bertz CT molecular complexity index is 544. The van der Waals surface area contributed by atoms with Gasteiger partial charge in [0.15, 0.2) is 0 Å². The van der Waals surface area contributed by atoms with Gasteiger partial charge in [-0.3, -0.25) is 4.90 Å². The summed E-state index contributed by atoms with van der Waals surface area (Å²) in [6.07, 6.45) is 6.84. The fourth-order valence-corrected chi connectivity index (χ4v) is 4.75. The number of unbranched alkanes of at least 4 members (excludes halogenated alkanes) is 3. The van der Waals surface area contributed by atoms with Gasteiger partial charge in [-0.25, -0.2) is 0 Å². The van der Waals surface area contributed by atoms with E-state index in [2.05, 4.69) is 24.8 Å². The van der Waals surface area contributed by atoms with Gasteiger partial charge in [-0.2, -0.15) is 0 Å². The number of aliphatic hydroxyl groups excluding tert-OH is 1. The molecule has 2 aliphatic rings. The summed E-state index contributed by atoms with van der Waals surface area (Å²) >= 11 is 0. The largest absolute Gasteiger partial charge is 0.508 e. The standard InChI is InChI=1S/C20H31NO2/c1-15-19-13-16-7-8-17(23)14-18(16)20(15,2)9-11-21(19)10-5-3-4-6-12-22/h7-8,14-15,19,22-23H,3-6,9-13H2,1-2H3/t15-,19+,20-/m0/s1. The first kappa shape index (κ1) is 16.8. The summed E-state index contributed by atoms with van der Waals surface area (Å²) in [5.41, 5.74) is 3.01. The van der Waals surface area contributed by atoms with Gasteiger partial charge < -0.3 is 10.2 Å². The van der Waals surface area contributed by atoms with Gasteiger partial charge in [0.1, 0.15) is 5.75 Å². The predicted octanol–water partition coefficient (Wildman–Crippen LogP) is 3.47. The van der Waals surface area contributed by atoms with Crippen LogP contribution in [0.25, 0.3) is 0 Å². The third-order valence-corrected chi connectivity index (χ3v) is 6.46. The molecule has 1 fully saturated rings. The van der Waals surface area contributed by atoms with Gasteiger partial charge in [-0.15, -0.1) is 0 Å². The van der Waals surface area contributed by atoms with Crippen LogP contribution in [-0.2, 0) is 11.8 Å². The first-order valence-electron chi connectivity index (χ1n) is 9.23. The van der Waals surface area contributed by atoms with Crippen LogP contribution in [0.15, 0.2) is 18.2 Å². The Morgan fingerprint density at radius 2 is 2.00 bits per heavy atom. The van der Waals surface area contributed by atoms with E-state index in [4.69, 9.17) is 5.11 Å². The van der Waals surface area contributed by atoms with E-state index in [1.54, 1.807) is 0 Å². The SMILES string of the molecule is C[C@H]1[C@H]2Cc3ccc(O)cc3[C@@]1(C)CCN2CCCCCCO. The van der Waals surface area contributed by atoms with Crippen molar-refractivity contribution in [1.29, 1.82) is 0 Å². The Morgan fingerprint density at radius 1 is 1.22 bits per heavy atom. The van der Waals surface area contributed by atoms with E-state index >= 15 is 0 Å². The minimum atomic E-state index is 0.199. The summed E-state index contributed by atoms with van der Waals surface area (Å²) in [5.74, 6) is 1.03.